The van der Waals surface area contributed by atoms with Crippen LogP contribution < -0.4 is 4.74 Å². The van der Waals surface area contributed by atoms with Crippen LogP contribution in [0.1, 0.15) is 16.8 Å². The minimum atomic E-state index is -0.467. The van der Waals surface area contributed by atoms with E-state index in [4.69, 9.17) is 20.7 Å². The standard InChI is InChI=1S/C26H17N3O/c1-3-9-21-18(7-1)19-8-2-4-10-22(19)28(21)17-13-14-20-24(15-17)29-23-11-5-6-12-25(23)30-16-26(29)27-20/h1-15H,16H2/i1D,2D,3D,4D,7D,8D,9D,10D. The lowest BCUT2D eigenvalue weighted by Gasteiger charge is -2.19. The molecular formula is C26H17N3O. The molecule has 0 radical (unpaired) electrons. The molecule has 1 aliphatic heterocycles. The monoisotopic (exact) mass is 395 g/mol. The topological polar surface area (TPSA) is 32.0 Å². The Hall–Kier alpha value is -4.05. The first-order valence-electron chi connectivity index (χ1n) is 13.5. The van der Waals surface area contributed by atoms with Crippen molar-refractivity contribution in [2.24, 2.45) is 0 Å². The van der Waals surface area contributed by atoms with Gasteiger partial charge in [-0.15, -0.1) is 0 Å². The fourth-order valence-corrected chi connectivity index (χ4v) is 4.20. The lowest BCUT2D eigenvalue weighted by Crippen LogP contribution is -2.12. The Balaban J connectivity index is 1.67. The van der Waals surface area contributed by atoms with Gasteiger partial charge in [0.15, 0.2) is 5.82 Å². The quantitative estimate of drug-likeness (QED) is 0.341. The molecule has 0 aliphatic carbocycles. The molecule has 0 spiro atoms. The van der Waals surface area contributed by atoms with Gasteiger partial charge in [-0.3, -0.25) is 4.57 Å². The molecule has 7 rings (SSSR count). The maximum atomic E-state index is 8.72. The van der Waals surface area contributed by atoms with E-state index in [1.54, 1.807) is 12.1 Å². The summed E-state index contributed by atoms with van der Waals surface area (Å²) in [5.41, 5.74) is 2.86. The van der Waals surface area contributed by atoms with Gasteiger partial charge in [0.1, 0.15) is 12.4 Å². The van der Waals surface area contributed by atoms with Gasteiger partial charge in [0, 0.05) is 16.5 Å². The second-order valence-electron chi connectivity index (χ2n) is 7.08. The van der Waals surface area contributed by atoms with Gasteiger partial charge in [0.05, 0.1) is 38.7 Å². The molecule has 3 heterocycles. The van der Waals surface area contributed by atoms with Gasteiger partial charge in [0.25, 0.3) is 0 Å². The molecule has 4 heteroatoms. The van der Waals surface area contributed by atoms with E-state index < -0.39 is 24.2 Å². The van der Waals surface area contributed by atoms with Gasteiger partial charge < -0.3 is 9.30 Å². The van der Waals surface area contributed by atoms with Crippen molar-refractivity contribution in [1.29, 1.82) is 0 Å². The molecule has 0 amide bonds. The number of hydrogen-bond acceptors (Lipinski definition) is 2. The maximum absolute atomic E-state index is 8.72. The number of hydrogen-bond donors (Lipinski definition) is 0. The van der Waals surface area contributed by atoms with E-state index in [1.807, 2.05) is 34.9 Å². The number of aromatic nitrogens is 3. The minimum absolute atomic E-state index is 0.0483. The summed E-state index contributed by atoms with van der Waals surface area (Å²) in [6.07, 6.45) is 0. The van der Waals surface area contributed by atoms with E-state index in [1.165, 1.54) is 4.57 Å². The van der Waals surface area contributed by atoms with Crippen molar-refractivity contribution in [3.8, 4) is 17.1 Å². The molecule has 0 unspecified atom stereocenters. The predicted octanol–water partition coefficient (Wildman–Crippen LogP) is 6.02. The zero-order valence-corrected chi connectivity index (χ0v) is 15.5. The first-order valence-corrected chi connectivity index (χ1v) is 9.45. The van der Waals surface area contributed by atoms with E-state index >= 15 is 0 Å². The average Bonchev–Trinajstić information content (AvgIpc) is 3.49. The number of fused-ring (bicyclic) bond motifs is 8. The molecule has 4 nitrogen and oxygen atoms in total. The van der Waals surface area contributed by atoms with E-state index in [9.17, 15) is 0 Å². The van der Waals surface area contributed by atoms with E-state index in [0.717, 1.165) is 11.2 Å². The lowest BCUT2D eigenvalue weighted by molar-refractivity contribution is 0.280. The number of benzene rings is 4. The van der Waals surface area contributed by atoms with E-state index in [-0.39, 0.29) is 52.6 Å². The zero-order chi connectivity index (χ0) is 26.6. The molecular weight excluding hydrogens is 370 g/mol. The molecule has 0 N–H and O–H groups in total. The van der Waals surface area contributed by atoms with E-state index in [2.05, 4.69) is 0 Å². The number of para-hydroxylation sites is 4. The Morgan fingerprint density at radius 3 is 2.33 bits per heavy atom. The van der Waals surface area contributed by atoms with Gasteiger partial charge in [0.2, 0.25) is 0 Å². The summed E-state index contributed by atoms with van der Waals surface area (Å²) in [5, 5.41) is 0.0966. The second-order valence-corrected chi connectivity index (χ2v) is 7.08. The second kappa shape index (κ2) is 5.74. The number of imidazole rings is 1. The highest BCUT2D eigenvalue weighted by Crippen LogP contribution is 2.36. The van der Waals surface area contributed by atoms with Crippen LogP contribution in [0.2, 0.25) is 0 Å². The van der Waals surface area contributed by atoms with Crippen molar-refractivity contribution in [2.75, 3.05) is 0 Å². The lowest BCUT2D eigenvalue weighted by atomic mass is 10.2. The minimum Gasteiger partial charge on any atom is -0.483 e. The first kappa shape index (κ1) is 10.1. The van der Waals surface area contributed by atoms with Crippen molar-refractivity contribution in [3.05, 3.63) is 96.6 Å². The number of rotatable bonds is 1. The van der Waals surface area contributed by atoms with Crippen molar-refractivity contribution in [3.63, 3.8) is 0 Å². The van der Waals surface area contributed by atoms with Crippen LogP contribution in [0.4, 0.5) is 0 Å². The van der Waals surface area contributed by atoms with Crippen LogP contribution in [0.15, 0.2) is 90.8 Å². The normalized spacial score (nSPS) is 16.5. The molecule has 6 aromatic rings. The molecule has 142 valence electrons. The van der Waals surface area contributed by atoms with Crippen molar-refractivity contribution in [1.82, 2.24) is 14.1 Å². The molecule has 0 saturated carbocycles. The third kappa shape index (κ3) is 2.02. The van der Waals surface area contributed by atoms with Gasteiger partial charge in [-0.05, 0) is 42.4 Å². The summed E-state index contributed by atoms with van der Waals surface area (Å²) in [5.74, 6) is 1.40. The highest BCUT2D eigenvalue weighted by molar-refractivity contribution is 6.09. The highest BCUT2D eigenvalue weighted by Gasteiger charge is 2.21. The summed E-state index contributed by atoms with van der Waals surface area (Å²) in [4.78, 5) is 4.70. The predicted molar refractivity (Wildman–Crippen MR) is 120 cm³/mol. The molecule has 30 heavy (non-hydrogen) atoms. The largest absolute Gasteiger partial charge is 0.483 e. The molecule has 0 atom stereocenters. The Bertz CT molecular complexity index is 1950. The molecule has 0 saturated heterocycles. The van der Waals surface area contributed by atoms with Crippen LogP contribution in [0.25, 0.3) is 44.2 Å². The van der Waals surface area contributed by atoms with Gasteiger partial charge in [-0.2, -0.15) is 0 Å². The van der Waals surface area contributed by atoms with Crippen LogP contribution >= 0.6 is 0 Å². The fraction of sp³-hybridized carbons (Fsp3) is 0.0385. The molecule has 0 fully saturated rings. The molecule has 2 aromatic heterocycles. The highest BCUT2D eigenvalue weighted by atomic mass is 16.5. The van der Waals surface area contributed by atoms with Crippen molar-refractivity contribution >= 4 is 32.8 Å². The van der Waals surface area contributed by atoms with Crippen LogP contribution in [0, 0.1) is 0 Å². The number of ether oxygens (including phenoxy) is 1. The molecule has 1 aliphatic rings. The summed E-state index contributed by atoms with van der Waals surface area (Å²) in [7, 11) is 0. The average molecular weight is 395 g/mol. The summed E-state index contributed by atoms with van der Waals surface area (Å²) in [6.45, 7) is 0.275. The maximum Gasteiger partial charge on any atom is 0.152 e. The SMILES string of the molecule is [2H]c1c([2H])c([2H])c2c(c1[2H])c1c([2H])c([2H])c([2H])c([2H])c1n2-c1ccc2nc3n(c2c1)-c1ccccc1OC3. The first-order chi connectivity index (χ1) is 18.2. The van der Waals surface area contributed by atoms with Crippen LogP contribution in [0.5, 0.6) is 5.75 Å². The zero-order valence-electron chi connectivity index (χ0n) is 23.5. The summed E-state index contributed by atoms with van der Waals surface area (Å²) in [6, 6.07) is 9.69. The Morgan fingerprint density at radius 1 is 0.800 bits per heavy atom. The smallest absolute Gasteiger partial charge is 0.152 e. The summed E-state index contributed by atoms with van der Waals surface area (Å²) >= 11 is 0. The van der Waals surface area contributed by atoms with Crippen LogP contribution in [-0.4, -0.2) is 14.1 Å². The van der Waals surface area contributed by atoms with Gasteiger partial charge in [-0.25, -0.2) is 4.98 Å². The third-order valence-electron chi connectivity index (χ3n) is 5.46. The van der Waals surface area contributed by atoms with Crippen LogP contribution in [0.3, 0.4) is 0 Å². The number of nitrogens with zero attached hydrogens (tertiary/aromatic N) is 3. The van der Waals surface area contributed by atoms with Crippen LogP contribution in [-0.2, 0) is 6.61 Å². The Morgan fingerprint density at radius 2 is 1.53 bits per heavy atom. The van der Waals surface area contributed by atoms with Crippen molar-refractivity contribution < 1.29 is 15.7 Å². The van der Waals surface area contributed by atoms with E-state index in [0.29, 0.717) is 22.8 Å². The Kier molecular flexibility index (Phi) is 1.94. The van der Waals surface area contributed by atoms with Gasteiger partial charge in [-0.1, -0.05) is 48.4 Å². The summed E-state index contributed by atoms with van der Waals surface area (Å²) < 4.78 is 77.0. The fourth-order valence-electron chi connectivity index (χ4n) is 4.20. The molecule has 0 bridgehead atoms. The van der Waals surface area contributed by atoms with Gasteiger partial charge >= 0.3 is 0 Å². The third-order valence-corrected chi connectivity index (χ3v) is 5.46. The Labute approximate surface area is 183 Å². The van der Waals surface area contributed by atoms with Crippen molar-refractivity contribution in [2.45, 2.75) is 6.61 Å². The molecule has 4 aromatic carbocycles.